The Balaban J connectivity index is 1.47. The number of tetrazole rings is 1. The van der Waals surface area contributed by atoms with Gasteiger partial charge in [-0.2, -0.15) is 4.68 Å². The molecule has 0 spiro atoms. The van der Waals surface area contributed by atoms with Gasteiger partial charge in [-0.25, -0.2) is 4.98 Å². The summed E-state index contributed by atoms with van der Waals surface area (Å²) >= 11 is 0. The Labute approximate surface area is 151 Å². The van der Waals surface area contributed by atoms with Crippen molar-refractivity contribution >= 4 is 11.7 Å². The van der Waals surface area contributed by atoms with Crippen molar-refractivity contribution in [3.05, 3.63) is 60.0 Å². The van der Waals surface area contributed by atoms with Gasteiger partial charge in [0.1, 0.15) is 5.82 Å². The summed E-state index contributed by atoms with van der Waals surface area (Å²) in [5.41, 5.74) is 1.43. The molecule has 26 heavy (non-hydrogen) atoms. The van der Waals surface area contributed by atoms with Crippen molar-refractivity contribution in [2.24, 2.45) is 0 Å². The molecular formula is C18H19N7O. The first-order valence-electron chi connectivity index (χ1n) is 8.53. The Morgan fingerprint density at radius 2 is 1.88 bits per heavy atom. The average molecular weight is 349 g/mol. The van der Waals surface area contributed by atoms with Gasteiger partial charge in [-0.1, -0.05) is 12.1 Å². The van der Waals surface area contributed by atoms with E-state index in [9.17, 15) is 4.79 Å². The van der Waals surface area contributed by atoms with E-state index in [1.807, 2.05) is 54.3 Å². The van der Waals surface area contributed by atoms with Gasteiger partial charge >= 0.3 is 0 Å². The van der Waals surface area contributed by atoms with Crippen molar-refractivity contribution in [1.29, 1.82) is 0 Å². The summed E-state index contributed by atoms with van der Waals surface area (Å²) in [7, 11) is 0. The van der Waals surface area contributed by atoms with E-state index in [0.717, 1.165) is 24.6 Å². The second kappa shape index (κ2) is 6.91. The van der Waals surface area contributed by atoms with Crippen LogP contribution >= 0.6 is 0 Å². The molecule has 1 aliphatic heterocycles. The Morgan fingerprint density at radius 3 is 2.58 bits per heavy atom. The van der Waals surface area contributed by atoms with Gasteiger partial charge in [0, 0.05) is 37.9 Å². The van der Waals surface area contributed by atoms with E-state index < -0.39 is 0 Å². The van der Waals surface area contributed by atoms with Crippen molar-refractivity contribution in [3.8, 4) is 5.69 Å². The van der Waals surface area contributed by atoms with Crippen LogP contribution in [0.15, 0.2) is 48.7 Å². The number of anilines is 1. The molecule has 4 rings (SSSR count). The van der Waals surface area contributed by atoms with Crippen LogP contribution in [-0.4, -0.2) is 62.2 Å². The van der Waals surface area contributed by atoms with Gasteiger partial charge in [0.15, 0.2) is 5.82 Å². The van der Waals surface area contributed by atoms with Gasteiger partial charge in [0.2, 0.25) is 0 Å². The largest absolute Gasteiger partial charge is 0.353 e. The molecule has 0 bridgehead atoms. The Hall–Kier alpha value is -3.29. The molecule has 132 valence electrons. The third-order valence-corrected chi connectivity index (χ3v) is 4.50. The number of nitrogens with zero attached hydrogens (tertiary/aromatic N) is 7. The number of amides is 1. The maximum atomic E-state index is 12.9. The lowest BCUT2D eigenvalue weighted by molar-refractivity contribution is 0.0746. The molecule has 1 amide bonds. The molecule has 0 unspecified atom stereocenters. The fraction of sp³-hybridized carbons (Fsp3) is 0.278. The number of carbonyl (C=O) groups is 1. The van der Waals surface area contributed by atoms with Crippen LogP contribution in [0, 0.1) is 6.92 Å². The number of hydrogen-bond donors (Lipinski definition) is 0. The Kier molecular flexibility index (Phi) is 4.30. The molecular weight excluding hydrogens is 330 g/mol. The molecule has 0 N–H and O–H groups in total. The van der Waals surface area contributed by atoms with Crippen molar-refractivity contribution in [1.82, 2.24) is 30.1 Å². The minimum Gasteiger partial charge on any atom is -0.353 e. The smallest absolute Gasteiger partial charge is 0.254 e. The highest BCUT2D eigenvalue weighted by Gasteiger charge is 2.23. The third kappa shape index (κ3) is 3.13. The van der Waals surface area contributed by atoms with Crippen LogP contribution in [0.3, 0.4) is 0 Å². The van der Waals surface area contributed by atoms with Gasteiger partial charge in [-0.15, -0.1) is 5.10 Å². The number of aromatic nitrogens is 5. The van der Waals surface area contributed by atoms with Crippen LogP contribution < -0.4 is 4.90 Å². The van der Waals surface area contributed by atoms with E-state index in [0.29, 0.717) is 24.5 Å². The lowest BCUT2D eigenvalue weighted by Crippen LogP contribution is -2.49. The number of rotatable bonds is 3. The molecule has 3 aromatic rings. The first kappa shape index (κ1) is 16.2. The summed E-state index contributed by atoms with van der Waals surface area (Å²) in [4.78, 5) is 21.3. The van der Waals surface area contributed by atoms with Gasteiger partial charge in [-0.05, 0) is 47.7 Å². The van der Waals surface area contributed by atoms with Crippen LogP contribution in [0.25, 0.3) is 5.69 Å². The summed E-state index contributed by atoms with van der Waals surface area (Å²) in [6.07, 6.45) is 1.79. The zero-order chi connectivity index (χ0) is 17.9. The lowest BCUT2D eigenvalue weighted by Gasteiger charge is -2.35. The first-order chi connectivity index (χ1) is 12.7. The molecule has 0 saturated carbocycles. The summed E-state index contributed by atoms with van der Waals surface area (Å²) in [6.45, 7) is 4.71. The van der Waals surface area contributed by atoms with Crippen LogP contribution in [0.1, 0.15) is 16.2 Å². The minimum atomic E-state index is 0.0262. The fourth-order valence-electron chi connectivity index (χ4n) is 3.10. The van der Waals surface area contributed by atoms with Crippen molar-refractivity contribution in [3.63, 3.8) is 0 Å². The number of carbonyl (C=O) groups excluding carboxylic acids is 1. The van der Waals surface area contributed by atoms with Crippen molar-refractivity contribution in [2.75, 3.05) is 31.1 Å². The standard InChI is InChI=1S/C18H19N7O/c1-14-20-21-22-25(14)16-6-4-5-15(13-16)18(26)24-11-9-23(10-12-24)17-7-2-3-8-19-17/h2-8,13H,9-12H2,1H3. The monoisotopic (exact) mass is 349 g/mol. The predicted molar refractivity (Wildman–Crippen MR) is 96.2 cm³/mol. The topological polar surface area (TPSA) is 80.0 Å². The van der Waals surface area contributed by atoms with E-state index in [4.69, 9.17) is 0 Å². The number of hydrogen-bond acceptors (Lipinski definition) is 6. The first-order valence-corrected chi connectivity index (χ1v) is 8.53. The van der Waals surface area contributed by atoms with Gasteiger partial charge in [0.25, 0.3) is 5.91 Å². The summed E-state index contributed by atoms with van der Waals surface area (Å²) in [5.74, 6) is 1.66. The maximum absolute atomic E-state index is 12.9. The fourth-order valence-corrected chi connectivity index (χ4v) is 3.10. The molecule has 1 aliphatic rings. The minimum absolute atomic E-state index is 0.0262. The molecule has 1 fully saturated rings. The molecule has 8 heteroatoms. The van der Waals surface area contributed by atoms with Gasteiger partial charge in [-0.3, -0.25) is 4.79 Å². The normalized spacial score (nSPS) is 14.5. The molecule has 0 radical (unpaired) electrons. The summed E-state index contributed by atoms with van der Waals surface area (Å²) < 4.78 is 1.62. The zero-order valence-electron chi connectivity index (χ0n) is 14.5. The summed E-state index contributed by atoms with van der Waals surface area (Å²) in [6, 6.07) is 13.3. The van der Waals surface area contributed by atoms with Gasteiger partial charge < -0.3 is 9.80 Å². The van der Waals surface area contributed by atoms with Crippen LogP contribution in [-0.2, 0) is 0 Å². The number of piperazine rings is 1. The van der Waals surface area contributed by atoms with E-state index in [-0.39, 0.29) is 5.91 Å². The lowest BCUT2D eigenvalue weighted by atomic mass is 10.1. The van der Waals surface area contributed by atoms with Crippen LogP contribution in [0.2, 0.25) is 0 Å². The van der Waals surface area contributed by atoms with Gasteiger partial charge in [0.05, 0.1) is 5.69 Å². The Morgan fingerprint density at radius 1 is 1.04 bits per heavy atom. The molecule has 3 heterocycles. The quantitative estimate of drug-likeness (QED) is 0.710. The number of pyridine rings is 1. The third-order valence-electron chi connectivity index (χ3n) is 4.50. The molecule has 8 nitrogen and oxygen atoms in total. The second-order valence-corrected chi connectivity index (χ2v) is 6.16. The van der Waals surface area contributed by atoms with Crippen LogP contribution in [0.5, 0.6) is 0 Å². The molecule has 1 saturated heterocycles. The predicted octanol–water partition coefficient (Wildman–Crippen LogP) is 1.33. The molecule has 0 aliphatic carbocycles. The van der Waals surface area contributed by atoms with E-state index in [1.54, 1.807) is 10.9 Å². The molecule has 1 aromatic carbocycles. The number of aryl methyl sites for hydroxylation is 1. The molecule has 0 atom stereocenters. The average Bonchev–Trinajstić information content (AvgIpc) is 3.14. The Bertz CT molecular complexity index is 901. The van der Waals surface area contributed by atoms with E-state index in [1.165, 1.54) is 0 Å². The van der Waals surface area contributed by atoms with E-state index >= 15 is 0 Å². The van der Waals surface area contributed by atoms with Crippen LogP contribution in [0.4, 0.5) is 5.82 Å². The maximum Gasteiger partial charge on any atom is 0.254 e. The highest BCUT2D eigenvalue weighted by molar-refractivity contribution is 5.95. The SMILES string of the molecule is Cc1nnnn1-c1cccc(C(=O)N2CCN(c3ccccn3)CC2)c1. The van der Waals surface area contributed by atoms with E-state index in [2.05, 4.69) is 25.4 Å². The highest BCUT2D eigenvalue weighted by Crippen LogP contribution is 2.16. The second-order valence-electron chi connectivity index (χ2n) is 6.16. The van der Waals surface area contributed by atoms with Crippen molar-refractivity contribution < 1.29 is 4.79 Å². The van der Waals surface area contributed by atoms with Crippen molar-refractivity contribution in [2.45, 2.75) is 6.92 Å². The zero-order valence-corrected chi connectivity index (χ0v) is 14.5. The molecule has 2 aromatic heterocycles. The number of benzene rings is 1. The highest BCUT2D eigenvalue weighted by atomic mass is 16.2. The summed E-state index contributed by atoms with van der Waals surface area (Å²) in [5, 5.41) is 11.5.